The molecule has 2 atom stereocenters. The molecule has 2 unspecified atom stereocenters. The fourth-order valence-electron chi connectivity index (χ4n) is 0.420. The van der Waals surface area contributed by atoms with Gasteiger partial charge in [-0.3, -0.25) is 5.84 Å². The van der Waals surface area contributed by atoms with E-state index in [9.17, 15) is 19.8 Å². The molecule has 8 nitrogen and oxygen atoms in total. The standard InChI is InChI=1S/C4H8N2O6.Mg/c5-6-4(12,3(10)11)1(7)2(8)9;/h1,6-7,12H,5H2,(H,8,9)(H,10,11);/q;+2/p-2. The summed E-state index contributed by atoms with van der Waals surface area (Å²) in [5.41, 5.74) is -2.07. The zero-order chi connectivity index (χ0) is 9.94. The molecule has 0 aliphatic carbocycles. The van der Waals surface area contributed by atoms with Crippen LogP contribution in [0.5, 0.6) is 0 Å². The van der Waals surface area contributed by atoms with Crippen molar-refractivity contribution in [2.24, 2.45) is 5.84 Å². The molecule has 0 saturated carbocycles. The molecule has 0 aliphatic heterocycles. The summed E-state index contributed by atoms with van der Waals surface area (Å²) in [4.78, 5) is 19.9. The van der Waals surface area contributed by atoms with Crippen molar-refractivity contribution in [3.63, 3.8) is 0 Å². The monoisotopic (exact) mass is 202 g/mol. The maximum absolute atomic E-state index is 10.0. The quantitative estimate of drug-likeness (QED) is 0.152. The number of carboxylic acids is 2. The van der Waals surface area contributed by atoms with Crippen LogP contribution in [0, 0.1) is 0 Å². The van der Waals surface area contributed by atoms with Gasteiger partial charge in [-0.1, -0.05) is 0 Å². The number of nitrogens with two attached hydrogens (primary N) is 1. The summed E-state index contributed by atoms with van der Waals surface area (Å²) >= 11 is 0. The van der Waals surface area contributed by atoms with Crippen LogP contribution in [0.15, 0.2) is 0 Å². The predicted octanol–water partition coefficient (Wildman–Crippen LogP) is -6.38. The number of carboxylic acid groups (broad SMARTS) is 2. The second-order valence-corrected chi connectivity index (χ2v) is 1.92. The van der Waals surface area contributed by atoms with E-state index in [4.69, 9.17) is 10.2 Å². The van der Waals surface area contributed by atoms with E-state index in [1.165, 1.54) is 5.43 Å². The van der Waals surface area contributed by atoms with Crippen molar-refractivity contribution in [2.75, 3.05) is 0 Å². The van der Waals surface area contributed by atoms with Gasteiger partial charge in [-0.15, -0.1) is 0 Å². The Balaban J connectivity index is 0. The smallest absolute Gasteiger partial charge is 0.547 e. The topological polar surface area (TPSA) is 159 Å². The fraction of sp³-hybridized carbons (Fsp3) is 0.500. The number of hydrogen-bond donors (Lipinski definition) is 4. The molecule has 0 amide bonds. The number of nitrogens with one attached hydrogen (secondary N) is 1. The van der Waals surface area contributed by atoms with Crippen LogP contribution in [0.25, 0.3) is 0 Å². The third kappa shape index (κ3) is 3.06. The average molecular weight is 202 g/mol. The van der Waals surface area contributed by atoms with Gasteiger partial charge in [0.2, 0.25) is 5.72 Å². The van der Waals surface area contributed by atoms with E-state index < -0.39 is 23.8 Å². The van der Waals surface area contributed by atoms with Gasteiger partial charge < -0.3 is 30.0 Å². The number of aliphatic hydroxyl groups excluding tert-OH is 1. The number of aliphatic hydroxyl groups is 2. The van der Waals surface area contributed by atoms with Gasteiger partial charge >= 0.3 is 23.1 Å². The summed E-state index contributed by atoms with van der Waals surface area (Å²) < 4.78 is 0. The third-order valence-corrected chi connectivity index (χ3v) is 1.15. The van der Waals surface area contributed by atoms with E-state index in [-0.39, 0.29) is 23.1 Å². The van der Waals surface area contributed by atoms with Gasteiger partial charge in [-0.05, 0) is 0 Å². The van der Waals surface area contributed by atoms with Crippen LogP contribution in [-0.2, 0) is 9.59 Å². The van der Waals surface area contributed by atoms with E-state index >= 15 is 0 Å². The Morgan fingerprint density at radius 3 is 1.92 bits per heavy atom. The van der Waals surface area contributed by atoms with Crippen molar-refractivity contribution in [1.82, 2.24) is 5.43 Å². The third-order valence-electron chi connectivity index (χ3n) is 1.15. The van der Waals surface area contributed by atoms with Crippen LogP contribution >= 0.6 is 0 Å². The van der Waals surface area contributed by atoms with Crippen LogP contribution < -0.4 is 21.5 Å². The normalized spacial score (nSPS) is 16.5. The van der Waals surface area contributed by atoms with Gasteiger partial charge in [0.05, 0.1) is 11.9 Å². The van der Waals surface area contributed by atoms with Crippen LogP contribution in [0.2, 0.25) is 0 Å². The average Bonchev–Trinajstić information content (AvgIpc) is 2.01. The Labute approximate surface area is 88.5 Å². The minimum Gasteiger partial charge on any atom is -0.547 e. The minimum atomic E-state index is -3.25. The van der Waals surface area contributed by atoms with Gasteiger partial charge in [0, 0.05) is 0 Å². The summed E-state index contributed by atoms with van der Waals surface area (Å²) in [5, 5.41) is 37.3. The van der Waals surface area contributed by atoms with E-state index in [0.29, 0.717) is 0 Å². The first-order valence-corrected chi connectivity index (χ1v) is 2.66. The van der Waals surface area contributed by atoms with Crippen LogP contribution in [0.1, 0.15) is 0 Å². The number of carbonyl (C=O) groups is 2. The van der Waals surface area contributed by atoms with Gasteiger partial charge in [0.15, 0.2) is 0 Å². The Kier molecular flexibility index (Phi) is 6.15. The summed E-state index contributed by atoms with van der Waals surface area (Å²) in [6, 6.07) is 0. The largest absolute Gasteiger partial charge is 2.00 e. The SMILES string of the molecule is NNC(O)(C(=O)[O-])C(O)C(=O)[O-].[Mg+2]. The summed E-state index contributed by atoms with van der Waals surface area (Å²) in [7, 11) is 0. The Bertz CT molecular complexity index is 211. The van der Waals surface area contributed by atoms with Crippen molar-refractivity contribution in [3.05, 3.63) is 0 Å². The Hall–Kier alpha value is -0.454. The Morgan fingerprint density at radius 2 is 1.85 bits per heavy atom. The molecule has 0 saturated heterocycles. The zero-order valence-electron chi connectivity index (χ0n) is 6.39. The van der Waals surface area contributed by atoms with Gasteiger partial charge in [0.1, 0.15) is 6.10 Å². The molecule has 0 radical (unpaired) electrons. The molecule has 0 rings (SSSR count). The van der Waals surface area contributed by atoms with Crippen LogP contribution in [-0.4, -0.2) is 57.0 Å². The first-order valence-electron chi connectivity index (χ1n) is 2.66. The number of hydrogen-bond acceptors (Lipinski definition) is 8. The molecule has 0 aliphatic rings. The summed E-state index contributed by atoms with van der Waals surface area (Å²) in [6.07, 6.45) is -2.72. The number of hydrazine groups is 1. The van der Waals surface area contributed by atoms with Gasteiger partial charge in [0.25, 0.3) is 0 Å². The molecular formula is C4H6MgN2O6. The maximum Gasteiger partial charge on any atom is 2.00 e. The van der Waals surface area contributed by atoms with Crippen molar-refractivity contribution >= 4 is 35.0 Å². The van der Waals surface area contributed by atoms with Crippen LogP contribution in [0.3, 0.4) is 0 Å². The molecule has 0 bridgehead atoms. The molecule has 5 N–H and O–H groups in total. The van der Waals surface area contributed by atoms with E-state index in [1.807, 2.05) is 0 Å². The molecule has 0 aromatic heterocycles. The molecule has 9 heteroatoms. The van der Waals surface area contributed by atoms with Gasteiger partial charge in [-0.2, -0.15) is 0 Å². The summed E-state index contributed by atoms with van der Waals surface area (Å²) in [5.74, 6) is 0.00375. The van der Waals surface area contributed by atoms with Crippen molar-refractivity contribution in [3.8, 4) is 0 Å². The minimum absolute atomic E-state index is 0. The molecule has 0 aromatic carbocycles. The first-order chi connectivity index (χ1) is 5.36. The van der Waals surface area contributed by atoms with E-state index in [1.54, 1.807) is 0 Å². The second-order valence-electron chi connectivity index (χ2n) is 1.92. The van der Waals surface area contributed by atoms with Gasteiger partial charge in [-0.25, -0.2) is 5.43 Å². The van der Waals surface area contributed by atoms with Crippen molar-refractivity contribution in [1.29, 1.82) is 0 Å². The zero-order valence-corrected chi connectivity index (χ0v) is 7.80. The van der Waals surface area contributed by atoms with E-state index in [2.05, 4.69) is 5.84 Å². The molecule has 0 aromatic rings. The number of aliphatic carboxylic acids is 2. The molecule has 70 valence electrons. The van der Waals surface area contributed by atoms with Crippen molar-refractivity contribution < 1.29 is 30.0 Å². The molecular weight excluding hydrogens is 196 g/mol. The number of carbonyl (C=O) groups excluding carboxylic acids is 2. The second kappa shape index (κ2) is 5.31. The van der Waals surface area contributed by atoms with E-state index in [0.717, 1.165) is 0 Å². The number of rotatable bonds is 4. The Morgan fingerprint density at radius 1 is 1.46 bits per heavy atom. The summed E-state index contributed by atoms with van der Waals surface area (Å²) in [6.45, 7) is 0. The predicted molar refractivity (Wildman–Crippen MR) is 34.0 cm³/mol. The van der Waals surface area contributed by atoms with Crippen LogP contribution in [0.4, 0.5) is 0 Å². The molecule has 13 heavy (non-hydrogen) atoms. The van der Waals surface area contributed by atoms with Crippen molar-refractivity contribution in [2.45, 2.75) is 11.8 Å². The molecule has 0 fully saturated rings. The molecule has 0 spiro atoms. The fourth-order valence-corrected chi connectivity index (χ4v) is 0.420. The maximum atomic E-state index is 10.0. The molecule has 0 heterocycles. The first kappa shape index (κ1) is 15.0.